The third-order valence-corrected chi connectivity index (χ3v) is 5.40. The van der Waals surface area contributed by atoms with Crippen LogP contribution in [0.5, 0.6) is 0 Å². The van der Waals surface area contributed by atoms with Gasteiger partial charge in [-0.3, -0.25) is 4.79 Å². The first-order valence-electron chi connectivity index (χ1n) is 9.87. The van der Waals surface area contributed by atoms with Gasteiger partial charge in [-0.1, -0.05) is 0 Å². The number of benzene rings is 1. The maximum Gasteiger partial charge on any atom is 0.248 e. The number of nitrogens with zero attached hydrogens (tertiary/aromatic N) is 4. The molecule has 3 heterocycles. The molecule has 148 valence electrons. The van der Waals surface area contributed by atoms with Crippen LogP contribution in [0.15, 0.2) is 24.3 Å². The maximum atomic E-state index is 11.6. The van der Waals surface area contributed by atoms with Gasteiger partial charge >= 0.3 is 0 Å². The van der Waals surface area contributed by atoms with Crippen LogP contribution in [-0.4, -0.2) is 38.3 Å². The molecule has 1 aliphatic heterocycles. The highest BCUT2D eigenvalue weighted by Crippen LogP contribution is 2.26. The van der Waals surface area contributed by atoms with E-state index in [0.29, 0.717) is 11.5 Å². The van der Waals surface area contributed by atoms with Gasteiger partial charge < -0.3 is 20.9 Å². The van der Waals surface area contributed by atoms with E-state index in [1.807, 2.05) is 23.7 Å². The minimum atomic E-state index is -0.442. The summed E-state index contributed by atoms with van der Waals surface area (Å²) >= 11 is 0. The number of carbonyl (C=O) groups excluding carboxylic acids is 1. The van der Waals surface area contributed by atoms with Gasteiger partial charge in [0.25, 0.3) is 0 Å². The van der Waals surface area contributed by atoms with Crippen molar-refractivity contribution in [3.63, 3.8) is 0 Å². The zero-order chi connectivity index (χ0) is 19.7. The number of anilines is 2. The summed E-state index contributed by atoms with van der Waals surface area (Å²) in [6.07, 6.45) is 2.29. The quantitative estimate of drug-likeness (QED) is 0.583. The summed E-state index contributed by atoms with van der Waals surface area (Å²) in [4.78, 5) is 16.3. The molecular weight excluding hydrogens is 354 g/mol. The predicted molar refractivity (Wildman–Crippen MR) is 110 cm³/mol. The summed E-state index contributed by atoms with van der Waals surface area (Å²) in [7, 11) is 0. The van der Waals surface area contributed by atoms with Gasteiger partial charge in [0.2, 0.25) is 11.9 Å². The third-order valence-electron chi connectivity index (χ3n) is 5.40. The Balaban J connectivity index is 1.71. The largest absolute Gasteiger partial charge is 0.366 e. The SMILES string of the molecule is CCn1nc(C)cc1Nc1nc2cc(C(N)=O)ccc2n1CC[C@H]1CCNC1. The number of hydrogen-bond donors (Lipinski definition) is 3. The van der Waals surface area contributed by atoms with E-state index in [1.54, 1.807) is 12.1 Å². The molecule has 0 radical (unpaired) electrons. The molecule has 4 rings (SSSR count). The summed E-state index contributed by atoms with van der Waals surface area (Å²) in [5.41, 5.74) is 8.64. The third kappa shape index (κ3) is 3.60. The van der Waals surface area contributed by atoms with Crippen LogP contribution in [0.3, 0.4) is 0 Å². The molecule has 1 amide bonds. The Labute approximate surface area is 164 Å². The second-order valence-corrected chi connectivity index (χ2v) is 7.41. The molecule has 0 bridgehead atoms. The number of rotatable bonds is 7. The zero-order valence-electron chi connectivity index (χ0n) is 16.4. The Kier molecular flexibility index (Phi) is 5.04. The minimum Gasteiger partial charge on any atom is -0.366 e. The highest BCUT2D eigenvalue weighted by molar-refractivity contribution is 5.96. The Morgan fingerprint density at radius 2 is 2.25 bits per heavy atom. The fourth-order valence-electron chi connectivity index (χ4n) is 3.88. The Hall–Kier alpha value is -2.87. The van der Waals surface area contributed by atoms with Crippen molar-refractivity contribution in [3.8, 4) is 0 Å². The lowest BCUT2D eigenvalue weighted by molar-refractivity contribution is 0.100. The van der Waals surface area contributed by atoms with E-state index in [-0.39, 0.29) is 0 Å². The summed E-state index contributed by atoms with van der Waals surface area (Å²) in [6.45, 7) is 7.84. The van der Waals surface area contributed by atoms with Crippen molar-refractivity contribution in [1.29, 1.82) is 0 Å². The van der Waals surface area contributed by atoms with Gasteiger partial charge in [-0.2, -0.15) is 5.10 Å². The highest BCUT2D eigenvalue weighted by Gasteiger charge is 2.18. The number of nitrogens with one attached hydrogen (secondary N) is 2. The van der Waals surface area contributed by atoms with Gasteiger partial charge in [0, 0.05) is 24.7 Å². The van der Waals surface area contributed by atoms with Crippen LogP contribution in [0.25, 0.3) is 11.0 Å². The number of nitrogens with two attached hydrogens (primary N) is 1. The Bertz CT molecular complexity index is 998. The molecule has 0 unspecified atom stereocenters. The van der Waals surface area contributed by atoms with Crippen molar-refractivity contribution in [3.05, 3.63) is 35.5 Å². The van der Waals surface area contributed by atoms with E-state index in [9.17, 15) is 4.79 Å². The van der Waals surface area contributed by atoms with Crippen LogP contribution in [0.2, 0.25) is 0 Å². The lowest BCUT2D eigenvalue weighted by Gasteiger charge is -2.14. The minimum absolute atomic E-state index is 0.442. The van der Waals surface area contributed by atoms with E-state index < -0.39 is 5.91 Å². The van der Waals surface area contributed by atoms with Crippen LogP contribution in [0.1, 0.15) is 35.8 Å². The molecule has 1 aromatic carbocycles. The highest BCUT2D eigenvalue weighted by atomic mass is 16.1. The van der Waals surface area contributed by atoms with Gasteiger partial charge in [0.05, 0.1) is 16.7 Å². The van der Waals surface area contributed by atoms with Gasteiger partial charge in [-0.05, 0) is 63.9 Å². The molecule has 1 saturated heterocycles. The van der Waals surface area contributed by atoms with E-state index in [2.05, 4.69) is 27.2 Å². The molecule has 0 saturated carbocycles. The second kappa shape index (κ2) is 7.63. The normalized spacial score (nSPS) is 16.7. The van der Waals surface area contributed by atoms with Gasteiger partial charge in [0.1, 0.15) is 5.82 Å². The molecule has 4 N–H and O–H groups in total. The molecule has 1 atom stereocenters. The van der Waals surface area contributed by atoms with E-state index >= 15 is 0 Å². The number of imidazole rings is 1. The Morgan fingerprint density at radius 1 is 1.39 bits per heavy atom. The van der Waals surface area contributed by atoms with E-state index in [0.717, 1.165) is 61.1 Å². The second-order valence-electron chi connectivity index (χ2n) is 7.41. The number of aryl methyl sites for hydroxylation is 3. The Morgan fingerprint density at radius 3 is 2.96 bits per heavy atom. The van der Waals surface area contributed by atoms with Crippen molar-refractivity contribution in [2.24, 2.45) is 11.7 Å². The van der Waals surface area contributed by atoms with E-state index in [1.165, 1.54) is 6.42 Å². The molecule has 0 aliphatic carbocycles. The average Bonchev–Trinajstić information content (AvgIpc) is 3.38. The van der Waals surface area contributed by atoms with Gasteiger partial charge in [-0.15, -0.1) is 0 Å². The van der Waals surface area contributed by atoms with E-state index in [4.69, 9.17) is 10.7 Å². The topological polar surface area (TPSA) is 103 Å². The number of primary amides is 1. The average molecular weight is 381 g/mol. The molecular formula is C20H27N7O. The first-order chi connectivity index (χ1) is 13.5. The molecule has 8 heteroatoms. The van der Waals surface area contributed by atoms with Gasteiger partial charge in [-0.25, -0.2) is 9.67 Å². The van der Waals surface area contributed by atoms with Crippen molar-refractivity contribution in [1.82, 2.24) is 24.6 Å². The summed E-state index contributed by atoms with van der Waals surface area (Å²) < 4.78 is 4.12. The fourth-order valence-corrected chi connectivity index (χ4v) is 3.88. The molecule has 28 heavy (non-hydrogen) atoms. The summed E-state index contributed by atoms with van der Waals surface area (Å²) in [5.74, 6) is 1.91. The van der Waals surface area contributed by atoms with Crippen LogP contribution in [-0.2, 0) is 13.1 Å². The summed E-state index contributed by atoms with van der Waals surface area (Å²) in [5, 5.41) is 11.4. The van der Waals surface area contributed by atoms with Crippen LogP contribution < -0.4 is 16.4 Å². The lowest BCUT2D eigenvalue weighted by Crippen LogP contribution is -2.13. The number of aromatic nitrogens is 4. The lowest BCUT2D eigenvalue weighted by atomic mass is 10.1. The molecule has 1 aliphatic rings. The van der Waals surface area contributed by atoms with Crippen molar-refractivity contribution in [2.75, 3.05) is 18.4 Å². The number of carbonyl (C=O) groups is 1. The fraction of sp³-hybridized carbons (Fsp3) is 0.450. The monoisotopic (exact) mass is 381 g/mol. The number of fused-ring (bicyclic) bond motifs is 1. The van der Waals surface area contributed by atoms with Crippen LogP contribution in [0.4, 0.5) is 11.8 Å². The standard InChI is InChI=1S/C20H27N7O/c1-3-27-18(10-13(2)25-27)24-20-23-16-11-15(19(21)28)4-5-17(16)26(20)9-7-14-6-8-22-12-14/h4-5,10-11,14,22H,3,6-9,12H2,1-2H3,(H2,21,28)(H,23,24)/t14-/m1/s1. The van der Waals surface area contributed by atoms with Crippen LogP contribution >= 0.6 is 0 Å². The van der Waals surface area contributed by atoms with Crippen molar-refractivity contribution in [2.45, 2.75) is 39.8 Å². The number of hydrogen-bond acceptors (Lipinski definition) is 5. The first-order valence-corrected chi connectivity index (χ1v) is 9.87. The first kappa shape index (κ1) is 18.5. The molecule has 2 aromatic heterocycles. The molecule has 3 aromatic rings. The molecule has 8 nitrogen and oxygen atoms in total. The van der Waals surface area contributed by atoms with Crippen molar-refractivity contribution < 1.29 is 4.79 Å². The summed E-state index contributed by atoms with van der Waals surface area (Å²) in [6, 6.07) is 7.48. The van der Waals surface area contributed by atoms with Crippen LogP contribution in [0, 0.1) is 12.8 Å². The predicted octanol–water partition coefficient (Wildman–Crippen LogP) is 2.40. The zero-order valence-corrected chi connectivity index (χ0v) is 16.4. The maximum absolute atomic E-state index is 11.6. The van der Waals surface area contributed by atoms with Crippen molar-refractivity contribution >= 4 is 28.7 Å². The smallest absolute Gasteiger partial charge is 0.248 e. The molecule has 1 fully saturated rings. The van der Waals surface area contributed by atoms with Gasteiger partial charge in [0.15, 0.2) is 0 Å². The molecule has 0 spiro atoms. The number of amides is 1.